The van der Waals surface area contributed by atoms with Gasteiger partial charge in [-0.05, 0) is 6.04 Å². The molecule has 0 aliphatic rings. The quantitative estimate of drug-likeness (QED) is 0.448. The molecule has 0 aromatic heterocycles. The molecule has 0 spiro atoms. The van der Waals surface area contributed by atoms with E-state index in [9.17, 15) is 9.59 Å². The summed E-state index contributed by atoms with van der Waals surface area (Å²) in [5.74, 6) is -1.79. The maximum Gasteiger partial charge on any atom is 1.00 e. The molecule has 0 unspecified atom stereocenters. The van der Waals surface area contributed by atoms with Gasteiger partial charge < -0.3 is 16.6 Å². The summed E-state index contributed by atoms with van der Waals surface area (Å²) in [5, 5.41) is 8.16. The summed E-state index contributed by atoms with van der Waals surface area (Å²) >= 11 is 0. The van der Waals surface area contributed by atoms with Crippen molar-refractivity contribution in [3.05, 3.63) is 5.73 Å². The molecule has 0 saturated heterocycles. The molecule has 5 nitrogen and oxygen atoms in total. The van der Waals surface area contributed by atoms with Crippen LogP contribution >= 0.6 is 0 Å². The summed E-state index contributed by atoms with van der Waals surface area (Å²) in [5.41, 5.74) is 11.5. The molecule has 58 valence electrons. The van der Waals surface area contributed by atoms with Gasteiger partial charge >= 0.3 is 51.4 Å². The van der Waals surface area contributed by atoms with Gasteiger partial charge in [0.05, 0.1) is 0 Å². The molecule has 0 aliphatic carbocycles. The van der Waals surface area contributed by atoms with Crippen molar-refractivity contribution in [3.63, 3.8) is 0 Å². The number of hydrogen-bond acceptors (Lipinski definition) is 2. The van der Waals surface area contributed by atoms with E-state index in [1.165, 1.54) is 0 Å². The van der Waals surface area contributed by atoms with Crippen LogP contribution in [0.2, 0.25) is 0 Å². The molecule has 0 aromatic carbocycles. The summed E-state index contributed by atoms with van der Waals surface area (Å²) in [6, 6.07) is -1.23. The van der Waals surface area contributed by atoms with Gasteiger partial charge in [-0.1, -0.05) is 6.42 Å². The monoisotopic (exact) mass is 184 g/mol. The normalized spacial score (nSPS) is 11.4. The SMILES string of the molecule is [K+].[NH-][C@@H](CCC(N)=O)C(=O)O. The van der Waals surface area contributed by atoms with E-state index in [0.29, 0.717) is 0 Å². The fraction of sp³-hybridized carbons (Fsp3) is 0.600. The molecule has 4 N–H and O–H groups in total. The zero-order valence-corrected chi connectivity index (χ0v) is 9.46. The largest absolute Gasteiger partial charge is 1.00 e. The third kappa shape index (κ3) is 8.44. The Bertz CT molecular complexity index is 151. The van der Waals surface area contributed by atoms with Crippen LogP contribution in [0.3, 0.4) is 0 Å². The Morgan fingerprint density at radius 3 is 2.27 bits per heavy atom. The van der Waals surface area contributed by atoms with Crippen LogP contribution in [0.25, 0.3) is 5.73 Å². The third-order valence-corrected chi connectivity index (χ3v) is 0.978. The summed E-state index contributed by atoms with van der Waals surface area (Å²) in [4.78, 5) is 20.0. The van der Waals surface area contributed by atoms with Gasteiger partial charge in [0.1, 0.15) is 0 Å². The van der Waals surface area contributed by atoms with Crippen molar-refractivity contribution < 1.29 is 66.1 Å². The predicted octanol–water partition coefficient (Wildman–Crippen LogP) is -3.24. The van der Waals surface area contributed by atoms with E-state index in [1.807, 2.05) is 0 Å². The minimum Gasteiger partial charge on any atom is -0.665 e. The first-order chi connectivity index (χ1) is 4.54. The third-order valence-electron chi connectivity index (χ3n) is 0.978. The van der Waals surface area contributed by atoms with Crippen LogP contribution in [0.15, 0.2) is 0 Å². The van der Waals surface area contributed by atoms with Gasteiger partial charge in [-0.2, -0.15) is 0 Å². The van der Waals surface area contributed by atoms with Gasteiger partial charge in [0.15, 0.2) is 0 Å². The van der Waals surface area contributed by atoms with Crippen molar-refractivity contribution in [1.82, 2.24) is 0 Å². The number of aliphatic carboxylic acids is 1. The van der Waals surface area contributed by atoms with Crippen molar-refractivity contribution in [3.8, 4) is 0 Å². The van der Waals surface area contributed by atoms with Crippen LogP contribution in [0.5, 0.6) is 0 Å². The number of carbonyl (C=O) groups is 2. The molecule has 0 heterocycles. The number of hydrogen-bond donors (Lipinski definition) is 2. The average Bonchev–Trinajstić information content (AvgIpc) is 1.82. The molecule has 6 heteroatoms. The molecule has 0 radical (unpaired) electrons. The van der Waals surface area contributed by atoms with Gasteiger partial charge in [-0.3, -0.25) is 9.59 Å². The first-order valence-corrected chi connectivity index (χ1v) is 2.76. The molecule has 0 aliphatic heterocycles. The van der Waals surface area contributed by atoms with E-state index in [-0.39, 0.29) is 64.2 Å². The summed E-state index contributed by atoms with van der Waals surface area (Å²) in [6.45, 7) is 0. The van der Waals surface area contributed by atoms with Gasteiger partial charge in [0.2, 0.25) is 5.91 Å². The molecule has 0 bridgehead atoms. The maximum absolute atomic E-state index is 10.1. The number of nitrogens with two attached hydrogens (primary N) is 1. The molecule has 0 aromatic rings. The first-order valence-electron chi connectivity index (χ1n) is 2.76. The first kappa shape index (κ1) is 14.1. The summed E-state index contributed by atoms with van der Waals surface area (Å²) in [6.07, 6.45) is -0.0505. The topological polar surface area (TPSA) is 104 Å². The number of carboxylic acid groups (broad SMARTS) is 1. The van der Waals surface area contributed by atoms with E-state index < -0.39 is 17.9 Å². The van der Waals surface area contributed by atoms with Gasteiger partial charge in [-0.25, -0.2) is 0 Å². The van der Waals surface area contributed by atoms with Crippen molar-refractivity contribution in [1.29, 1.82) is 0 Å². The number of amides is 1. The maximum atomic E-state index is 10.1. The second-order valence-electron chi connectivity index (χ2n) is 1.90. The van der Waals surface area contributed by atoms with Crippen LogP contribution in [0, 0.1) is 0 Å². The Hall–Kier alpha value is 0.536. The van der Waals surface area contributed by atoms with Gasteiger partial charge in [0, 0.05) is 6.42 Å². The van der Waals surface area contributed by atoms with Crippen LogP contribution in [0.4, 0.5) is 0 Å². The molecular weight excluding hydrogens is 175 g/mol. The standard InChI is InChI=1S/C5H9N2O3.K/c6-3(5(9)10)1-2-4(7)8;/h3,6H,1-2H2,(H2,7,8)(H,9,10);/q-1;+1/t3-;/m0./s1. The Balaban J connectivity index is 0. The van der Waals surface area contributed by atoms with Gasteiger partial charge in [0.25, 0.3) is 5.97 Å². The van der Waals surface area contributed by atoms with E-state index in [2.05, 4.69) is 0 Å². The van der Waals surface area contributed by atoms with E-state index in [1.54, 1.807) is 0 Å². The van der Waals surface area contributed by atoms with Crippen molar-refractivity contribution in [2.24, 2.45) is 5.73 Å². The van der Waals surface area contributed by atoms with E-state index in [4.69, 9.17) is 16.6 Å². The molecule has 11 heavy (non-hydrogen) atoms. The molecule has 1 atom stereocenters. The second kappa shape index (κ2) is 7.20. The van der Waals surface area contributed by atoms with Crippen LogP contribution in [0.1, 0.15) is 12.8 Å². The predicted molar refractivity (Wildman–Crippen MR) is 34.2 cm³/mol. The number of carboxylic acids is 1. The zero-order valence-electron chi connectivity index (χ0n) is 6.33. The zero-order chi connectivity index (χ0) is 8.15. The smallest absolute Gasteiger partial charge is 0.665 e. The fourth-order valence-electron chi connectivity index (χ4n) is 0.410. The second-order valence-corrected chi connectivity index (χ2v) is 1.90. The minimum absolute atomic E-state index is 0. The summed E-state index contributed by atoms with van der Waals surface area (Å²) in [7, 11) is 0. The van der Waals surface area contributed by atoms with Crippen LogP contribution in [-0.4, -0.2) is 23.0 Å². The van der Waals surface area contributed by atoms with Crippen LogP contribution < -0.4 is 57.1 Å². The molecular formula is C5H9KN2O3. The molecule has 0 rings (SSSR count). The Morgan fingerprint density at radius 1 is 1.55 bits per heavy atom. The van der Waals surface area contributed by atoms with E-state index >= 15 is 0 Å². The number of carbonyl (C=O) groups excluding carboxylic acids is 1. The van der Waals surface area contributed by atoms with Crippen LogP contribution in [-0.2, 0) is 9.59 Å². The van der Waals surface area contributed by atoms with Gasteiger partial charge in [-0.15, -0.1) is 0 Å². The molecule has 0 fully saturated rings. The van der Waals surface area contributed by atoms with Crippen molar-refractivity contribution >= 4 is 11.9 Å². The van der Waals surface area contributed by atoms with E-state index in [0.717, 1.165) is 0 Å². The Morgan fingerprint density at radius 2 is 2.00 bits per heavy atom. The minimum atomic E-state index is -1.23. The fourth-order valence-corrected chi connectivity index (χ4v) is 0.410. The number of nitrogens with one attached hydrogen (secondary N) is 1. The average molecular weight is 184 g/mol. The Labute approximate surface area is 107 Å². The van der Waals surface area contributed by atoms with Crippen molar-refractivity contribution in [2.75, 3.05) is 0 Å². The Kier molecular flexibility index (Phi) is 9.22. The number of primary amides is 1. The van der Waals surface area contributed by atoms with Crippen molar-refractivity contribution in [2.45, 2.75) is 18.9 Å². The molecule has 1 amide bonds. The summed E-state index contributed by atoms with van der Waals surface area (Å²) < 4.78 is 0. The number of rotatable bonds is 4. The molecule has 0 saturated carbocycles.